The Kier molecular flexibility index (Phi) is 4.02. The highest BCUT2D eigenvalue weighted by atomic mass is 16.5. The minimum absolute atomic E-state index is 0.122. The van der Waals surface area contributed by atoms with E-state index in [9.17, 15) is 4.79 Å². The second kappa shape index (κ2) is 6.13. The predicted molar refractivity (Wildman–Crippen MR) is 98.8 cm³/mol. The zero-order valence-corrected chi connectivity index (χ0v) is 15.8. The lowest BCUT2D eigenvalue weighted by atomic mass is 9.56. The van der Waals surface area contributed by atoms with E-state index in [0.717, 1.165) is 30.6 Å². The summed E-state index contributed by atoms with van der Waals surface area (Å²) in [5.41, 5.74) is -0.122. The van der Waals surface area contributed by atoms with Crippen LogP contribution in [0.4, 0.5) is 0 Å². The van der Waals surface area contributed by atoms with Crippen molar-refractivity contribution >= 4 is 5.97 Å². The van der Waals surface area contributed by atoms with Crippen molar-refractivity contribution in [3.8, 4) is 0 Å². The SMILES string of the molecule is CCCCOC(=O)C12C3C=CC(C3)C1C1CC2CC1C1CCCCC1. The molecule has 138 valence electrons. The standard InChI is InChI=1S/C23H34O2/c1-2-3-11-25-22(24)23-17-10-9-16(12-17)21(23)20-14-18(23)13-19(20)15-7-5-4-6-8-15/h9-10,15-21H,2-8,11-14H2,1H3. The topological polar surface area (TPSA) is 26.3 Å². The average Bonchev–Trinajstić information content (AvgIpc) is 3.40. The molecular weight excluding hydrogens is 308 g/mol. The summed E-state index contributed by atoms with van der Waals surface area (Å²) in [6.45, 7) is 2.80. The Bertz CT molecular complexity index is 560. The van der Waals surface area contributed by atoms with Gasteiger partial charge in [0.25, 0.3) is 0 Å². The van der Waals surface area contributed by atoms with Gasteiger partial charge < -0.3 is 4.74 Å². The summed E-state index contributed by atoms with van der Waals surface area (Å²) in [6, 6.07) is 0. The maximum atomic E-state index is 13.3. The fraction of sp³-hybridized carbons (Fsp3) is 0.870. The van der Waals surface area contributed by atoms with Crippen LogP contribution in [0.1, 0.15) is 71.1 Å². The first-order chi connectivity index (χ1) is 12.3. The van der Waals surface area contributed by atoms with E-state index in [4.69, 9.17) is 4.74 Å². The lowest BCUT2D eigenvalue weighted by molar-refractivity contribution is -0.167. The molecule has 7 unspecified atom stereocenters. The zero-order valence-electron chi connectivity index (χ0n) is 15.8. The van der Waals surface area contributed by atoms with Gasteiger partial charge in [0.15, 0.2) is 0 Å². The number of ether oxygens (including phenoxy) is 1. The lowest BCUT2D eigenvalue weighted by Gasteiger charge is -2.47. The van der Waals surface area contributed by atoms with E-state index in [0.29, 0.717) is 30.3 Å². The van der Waals surface area contributed by atoms with E-state index >= 15 is 0 Å². The second-order valence-corrected chi connectivity index (χ2v) is 9.73. The highest BCUT2D eigenvalue weighted by Gasteiger charge is 2.74. The summed E-state index contributed by atoms with van der Waals surface area (Å²) < 4.78 is 5.88. The first-order valence-corrected chi connectivity index (χ1v) is 11.1. The van der Waals surface area contributed by atoms with Gasteiger partial charge >= 0.3 is 5.97 Å². The van der Waals surface area contributed by atoms with Crippen molar-refractivity contribution in [2.75, 3.05) is 6.61 Å². The molecule has 5 rings (SSSR count). The monoisotopic (exact) mass is 342 g/mol. The van der Waals surface area contributed by atoms with Crippen LogP contribution in [0.2, 0.25) is 0 Å². The predicted octanol–water partition coefficient (Wildman–Crippen LogP) is 5.37. The third-order valence-electron chi connectivity index (χ3n) is 8.88. The van der Waals surface area contributed by atoms with Gasteiger partial charge in [0.2, 0.25) is 0 Å². The number of esters is 1. The van der Waals surface area contributed by atoms with Gasteiger partial charge in [-0.1, -0.05) is 57.6 Å². The van der Waals surface area contributed by atoms with Crippen molar-refractivity contribution in [3.63, 3.8) is 0 Å². The summed E-state index contributed by atoms with van der Waals surface area (Å²) in [5.74, 6) is 5.26. The summed E-state index contributed by atoms with van der Waals surface area (Å²) in [5, 5.41) is 0. The van der Waals surface area contributed by atoms with E-state index in [1.165, 1.54) is 51.4 Å². The molecule has 0 amide bonds. The van der Waals surface area contributed by atoms with Gasteiger partial charge in [0.05, 0.1) is 12.0 Å². The van der Waals surface area contributed by atoms with Crippen molar-refractivity contribution in [1.82, 2.24) is 0 Å². The van der Waals surface area contributed by atoms with Crippen molar-refractivity contribution in [1.29, 1.82) is 0 Å². The molecule has 2 nitrogen and oxygen atoms in total. The first kappa shape index (κ1) is 16.4. The summed E-state index contributed by atoms with van der Waals surface area (Å²) in [6.07, 6.45) is 18.1. The molecule has 4 bridgehead atoms. The van der Waals surface area contributed by atoms with Crippen LogP contribution in [0.15, 0.2) is 12.2 Å². The Labute approximate surface area is 152 Å². The molecule has 25 heavy (non-hydrogen) atoms. The van der Waals surface area contributed by atoms with Gasteiger partial charge in [-0.05, 0) is 67.1 Å². The van der Waals surface area contributed by atoms with Crippen molar-refractivity contribution in [3.05, 3.63) is 12.2 Å². The van der Waals surface area contributed by atoms with Crippen molar-refractivity contribution in [2.45, 2.75) is 71.1 Å². The van der Waals surface area contributed by atoms with Crippen molar-refractivity contribution < 1.29 is 9.53 Å². The van der Waals surface area contributed by atoms with E-state index < -0.39 is 0 Å². The smallest absolute Gasteiger partial charge is 0.313 e. The minimum Gasteiger partial charge on any atom is -0.465 e. The summed E-state index contributed by atoms with van der Waals surface area (Å²) in [4.78, 5) is 13.3. The number of unbranched alkanes of at least 4 members (excludes halogenated alkanes) is 1. The lowest BCUT2D eigenvalue weighted by Crippen LogP contribution is -2.50. The molecule has 0 aromatic carbocycles. The highest BCUT2D eigenvalue weighted by molar-refractivity contribution is 5.80. The molecule has 0 saturated heterocycles. The molecular formula is C23H34O2. The van der Waals surface area contributed by atoms with Crippen LogP contribution in [0, 0.1) is 46.8 Å². The first-order valence-electron chi connectivity index (χ1n) is 11.1. The van der Waals surface area contributed by atoms with Gasteiger partial charge in [-0.3, -0.25) is 4.79 Å². The van der Waals surface area contributed by atoms with Crippen LogP contribution < -0.4 is 0 Å². The molecule has 0 N–H and O–H groups in total. The Morgan fingerprint density at radius 1 is 1.08 bits per heavy atom. The maximum absolute atomic E-state index is 13.3. The molecule has 0 radical (unpaired) electrons. The second-order valence-electron chi connectivity index (χ2n) is 9.73. The Hall–Kier alpha value is -0.790. The van der Waals surface area contributed by atoms with Crippen LogP contribution in [0.3, 0.4) is 0 Å². The third-order valence-corrected chi connectivity index (χ3v) is 8.88. The van der Waals surface area contributed by atoms with Crippen LogP contribution >= 0.6 is 0 Å². The molecule has 0 heterocycles. The maximum Gasteiger partial charge on any atom is 0.313 e. The number of carbonyl (C=O) groups excluding carboxylic acids is 1. The van der Waals surface area contributed by atoms with Gasteiger partial charge in [-0.2, -0.15) is 0 Å². The molecule has 0 aliphatic heterocycles. The molecule has 2 heteroatoms. The highest BCUT2D eigenvalue weighted by Crippen LogP contribution is 2.75. The molecule has 5 aliphatic rings. The number of hydrogen-bond donors (Lipinski definition) is 0. The molecule has 0 spiro atoms. The Morgan fingerprint density at radius 2 is 1.88 bits per heavy atom. The average molecular weight is 343 g/mol. The van der Waals surface area contributed by atoms with E-state index in [1.54, 1.807) is 0 Å². The van der Waals surface area contributed by atoms with E-state index in [1.807, 2.05) is 0 Å². The normalized spacial score (nSPS) is 47.4. The molecule has 5 aliphatic carbocycles. The van der Waals surface area contributed by atoms with Crippen molar-refractivity contribution in [2.24, 2.45) is 46.8 Å². The number of allylic oxidation sites excluding steroid dienone is 2. The van der Waals surface area contributed by atoms with Gasteiger partial charge in [0, 0.05) is 0 Å². The quantitative estimate of drug-likeness (QED) is 0.290. The largest absolute Gasteiger partial charge is 0.465 e. The Morgan fingerprint density at radius 3 is 2.68 bits per heavy atom. The molecule has 4 fully saturated rings. The number of fused-ring (bicyclic) bond motifs is 9. The van der Waals surface area contributed by atoms with Gasteiger partial charge in [-0.25, -0.2) is 0 Å². The van der Waals surface area contributed by atoms with Gasteiger partial charge in [0.1, 0.15) is 0 Å². The van der Waals surface area contributed by atoms with Gasteiger partial charge in [-0.15, -0.1) is 0 Å². The number of hydrogen-bond acceptors (Lipinski definition) is 2. The van der Waals surface area contributed by atoms with Crippen LogP contribution in [-0.4, -0.2) is 12.6 Å². The fourth-order valence-electron chi connectivity index (χ4n) is 8.09. The summed E-state index contributed by atoms with van der Waals surface area (Å²) >= 11 is 0. The molecule has 0 aromatic heterocycles. The molecule has 4 saturated carbocycles. The Balaban J connectivity index is 1.41. The minimum atomic E-state index is -0.122. The molecule has 0 aromatic rings. The zero-order chi connectivity index (χ0) is 17.0. The van der Waals surface area contributed by atoms with E-state index in [-0.39, 0.29) is 11.4 Å². The summed E-state index contributed by atoms with van der Waals surface area (Å²) in [7, 11) is 0. The fourth-order valence-corrected chi connectivity index (χ4v) is 8.09. The van der Waals surface area contributed by atoms with Crippen LogP contribution in [0.5, 0.6) is 0 Å². The van der Waals surface area contributed by atoms with Crippen LogP contribution in [-0.2, 0) is 9.53 Å². The van der Waals surface area contributed by atoms with Crippen LogP contribution in [0.25, 0.3) is 0 Å². The number of carbonyl (C=O) groups is 1. The number of rotatable bonds is 5. The van der Waals surface area contributed by atoms with E-state index in [2.05, 4.69) is 19.1 Å². The molecule has 7 atom stereocenters. The third kappa shape index (κ3) is 2.18.